The van der Waals surface area contributed by atoms with Gasteiger partial charge in [0, 0.05) is 18.6 Å². The Balaban J connectivity index is 2.09. The highest BCUT2D eigenvalue weighted by atomic mass is 35.5. The first-order valence-corrected chi connectivity index (χ1v) is 8.32. The Morgan fingerprint density at radius 3 is 2.90 bits per heavy atom. The van der Waals surface area contributed by atoms with Crippen LogP contribution in [0.4, 0.5) is 4.39 Å². The zero-order valence-corrected chi connectivity index (χ0v) is 13.6. The van der Waals surface area contributed by atoms with Crippen LogP contribution in [0.1, 0.15) is 38.7 Å². The molecule has 0 spiro atoms. The third-order valence-corrected chi connectivity index (χ3v) is 4.57. The molecule has 1 aliphatic rings. The molecule has 2 nitrogen and oxygen atoms in total. The first-order valence-electron chi connectivity index (χ1n) is 7.94. The molecule has 1 aromatic rings. The van der Waals surface area contributed by atoms with Crippen LogP contribution in [0, 0.1) is 11.7 Å². The van der Waals surface area contributed by atoms with Gasteiger partial charge in [-0.2, -0.15) is 0 Å². The normalized spacial score (nSPS) is 23.4. The standard InChI is InChI=1S/C17H25ClFNO/c1-3-8-20-16(13-7-9-21-17(13)4-2)11-12-5-6-15(19)14(18)10-12/h5-6,10,13,16-17,20H,3-4,7-9,11H2,1-2H3. The van der Waals surface area contributed by atoms with Gasteiger partial charge in [0.1, 0.15) is 5.82 Å². The Morgan fingerprint density at radius 2 is 2.24 bits per heavy atom. The van der Waals surface area contributed by atoms with Gasteiger partial charge >= 0.3 is 0 Å². The lowest BCUT2D eigenvalue weighted by Crippen LogP contribution is -2.41. The Hall–Kier alpha value is -0.640. The van der Waals surface area contributed by atoms with Crippen molar-refractivity contribution in [3.05, 3.63) is 34.6 Å². The summed E-state index contributed by atoms with van der Waals surface area (Å²) in [4.78, 5) is 0. The van der Waals surface area contributed by atoms with Gasteiger partial charge in [0.25, 0.3) is 0 Å². The van der Waals surface area contributed by atoms with Crippen LogP contribution in [0.25, 0.3) is 0 Å². The van der Waals surface area contributed by atoms with E-state index < -0.39 is 0 Å². The molecule has 1 aliphatic heterocycles. The third-order valence-electron chi connectivity index (χ3n) is 4.28. The molecule has 1 saturated heterocycles. The van der Waals surface area contributed by atoms with E-state index in [9.17, 15) is 4.39 Å². The molecule has 0 aromatic heterocycles. The van der Waals surface area contributed by atoms with Gasteiger partial charge in [-0.3, -0.25) is 0 Å². The third kappa shape index (κ3) is 4.41. The molecule has 4 heteroatoms. The van der Waals surface area contributed by atoms with Crippen LogP contribution in [0.3, 0.4) is 0 Å². The summed E-state index contributed by atoms with van der Waals surface area (Å²) in [5.41, 5.74) is 1.08. The molecule has 0 saturated carbocycles. The summed E-state index contributed by atoms with van der Waals surface area (Å²) in [5, 5.41) is 3.85. The van der Waals surface area contributed by atoms with E-state index in [1.54, 1.807) is 6.07 Å². The van der Waals surface area contributed by atoms with E-state index in [1.807, 2.05) is 6.07 Å². The van der Waals surface area contributed by atoms with E-state index in [-0.39, 0.29) is 10.8 Å². The molecule has 1 N–H and O–H groups in total. The van der Waals surface area contributed by atoms with E-state index in [1.165, 1.54) is 6.07 Å². The Kier molecular flexibility index (Phi) is 6.46. The highest BCUT2D eigenvalue weighted by Gasteiger charge is 2.33. The fourth-order valence-electron chi connectivity index (χ4n) is 3.17. The van der Waals surface area contributed by atoms with E-state index in [2.05, 4.69) is 19.2 Å². The van der Waals surface area contributed by atoms with Crippen molar-refractivity contribution in [3.63, 3.8) is 0 Å². The lowest BCUT2D eigenvalue weighted by Gasteiger charge is -2.28. The van der Waals surface area contributed by atoms with Crippen molar-refractivity contribution in [1.82, 2.24) is 5.32 Å². The van der Waals surface area contributed by atoms with Crippen LogP contribution in [-0.2, 0) is 11.2 Å². The zero-order valence-electron chi connectivity index (χ0n) is 12.9. The molecule has 0 radical (unpaired) electrons. The second-order valence-corrected chi connectivity index (χ2v) is 6.19. The fourth-order valence-corrected chi connectivity index (χ4v) is 3.37. The van der Waals surface area contributed by atoms with Crippen molar-refractivity contribution >= 4 is 11.6 Å². The quantitative estimate of drug-likeness (QED) is 0.814. The van der Waals surface area contributed by atoms with Gasteiger partial charge in [-0.15, -0.1) is 0 Å². The topological polar surface area (TPSA) is 21.3 Å². The van der Waals surface area contributed by atoms with E-state index >= 15 is 0 Å². The number of ether oxygens (including phenoxy) is 1. The van der Waals surface area contributed by atoms with Crippen molar-refractivity contribution in [1.29, 1.82) is 0 Å². The zero-order chi connectivity index (χ0) is 15.2. The summed E-state index contributed by atoms with van der Waals surface area (Å²) in [7, 11) is 0. The van der Waals surface area contributed by atoms with Gasteiger partial charge in [-0.25, -0.2) is 4.39 Å². The molecule has 0 bridgehead atoms. The highest BCUT2D eigenvalue weighted by Crippen LogP contribution is 2.29. The van der Waals surface area contributed by atoms with Crippen molar-refractivity contribution in [3.8, 4) is 0 Å². The molecule has 1 heterocycles. The monoisotopic (exact) mass is 313 g/mol. The minimum Gasteiger partial charge on any atom is -0.378 e. The largest absolute Gasteiger partial charge is 0.378 e. The summed E-state index contributed by atoms with van der Waals surface area (Å²) >= 11 is 5.90. The smallest absolute Gasteiger partial charge is 0.141 e. The van der Waals surface area contributed by atoms with Gasteiger partial charge in [0.05, 0.1) is 11.1 Å². The van der Waals surface area contributed by atoms with Crippen LogP contribution in [0.5, 0.6) is 0 Å². The number of benzene rings is 1. The first-order chi connectivity index (χ1) is 10.2. The fraction of sp³-hybridized carbons (Fsp3) is 0.647. The average molecular weight is 314 g/mol. The van der Waals surface area contributed by atoms with Crippen molar-refractivity contribution in [2.75, 3.05) is 13.2 Å². The summed E-state index contributed by atoms with van der Waals surface area (Å²) in [6.45, 7) is 6.18. The SMILES string of the molecule is CCCNC(Cc1ccc(F)c(Cl)c1)C1CCOC1CC. The maximum Gasteiger partial charge on any atom is 0.141 e. The van der Waals surface area contributed by atoms with E-state index in [0.717, 1.165) is 44.4 Å². The minimum atomic E-state index is -0.353. The molecular weight excluding hydrogens is 289 g/mol. The predicted octanol–water partition coefficient (Wildman–Crippen LogP) is 4.20. The maximum absolute atomic E-state index is 13.3. The highest BCUT2D eigenvalue weighted by molar-refractivity contribution is 6.30. The molecule has 1 fully saturated rings. The van der Waals surface area contributed by atoms with Crippen molar-refractivity contribution in [2.45, 2.75) is 51.7 Å². The minimum absolute atomic E-state index is 0.205. The molecule has 1 aromatic carbocycles. The van der Waals surface area contributed by atoms with Crippen LogP contribution in [0.2, 0.25) is 5.02 Å². The lowest BCUT2D eigenvalue weighted by atomic mass is 9.87. The van der Waals surface area contributed by atoms with Gasteiger partial charge in [0.2, 0.25) is 0 Å². The lowest BCUT2D eigenvalue weighted by molar-refractivity contribution is 0.0774. The van der Waals surface area contributed by atoms with Crippen molar-refractivity contribution < 1.29 is 9.13 Å². The summed E-state index contributed by atoms with van der Waals surface area (Å²) in [6, 6.07) is 5.39. The molecule has 2 rings (SSSR count). The second kappa shape index (κ2) is 8.11. The predicted molar refractivity (Wildman–Crippen MR) is 85.3 cm³/mol. The van der Waals surface area contributed by atoms with Gasteiger partial charge in [-0.05, 0) is 49.9 Å². The Bertz CT molecular complexity index is 454. The maximum atomic E-state index is 13.3. The molecule has 3 atom stereocenters. The first kappa shape index (κ1) is 16.7. The summed E-state index contributed by atoms with van der Waals surface area (Å²) in [5.74, 6) is 0.166. The van der Waals surface area contributed by atoms with Crippen LogP contribution in [0.15, 0.2) is 18.2 Å². The van der Waals surface area contributed by atoms with Crippen LogP contribution >= 0.6 is 11.6 Å². The summed E-state index contributed by atoms with van der Waals surface area (Å²) < 4.78 is 19.1. The van der Waals surface area contributed by atoms with Crippen molar-refractivity contribution in [2.24, 2.45) is 5.92 Å². The van der Waals surface area contributed by atoms with Crippen LogP contribution < -0.4 is 5.32 Å². The molecule has 21 heavy (non-hydrogen) atoms. The number of halogens is 2. The average Bonchev–Trinajstić information content (AvgIpc) is 2.95. The number of rotatable bonds is 7. The molecular formula is C17H25ClFNO. The van der Waals surface area contributed by atoms with Gasteiger partial charge in [0.15, 0.2) is 0 Å². The van der Waals surface area contributed by atoms with Crippen LogP contribution in [-0.4, -0.2) is 25.3 Å². The van der Waals surface area contributed by atoms with Gasteiger partial charge < -0.3 is 10.1 Å². The molecule has 118 valence electrons. The molecule has 0 amide bonds. The van der Waals surface area contributed by atoms with E-state index in [0.29, 0.717) is 18.1 Å². The number of nitrogens with one attached hydrogen (secondary N) is 1. The number of hydrogen-bond acceptors (Lipinski definition) is 2. The number of hydrogen-bond donors (Lipinski definition) is 1. The molecule has 0 aliphatic carbocycles. The molecule has 3 unspecified atom stereocenters. The van der Waals surface area contributed by atoms with E-state index in [4.69, 9.17) is 16.3 Å². The van der Waals surface area contributed by atoms with Gasteiger partial charge in [-0.1, -0.05) is 31.5 Å². The second-order valence-electron chi connectivity index (χ2n) is 5.78. The Labute approximate surface area is 132 Å². The summed E-state index contributed by atoms with van der Waals surface area (Å²) in [6.07, 6.45) is 4.43. The Morgan fingerprint density at radius 1 is 1.43 bits per heavy atom.